The molecule has 1 fully saturated rings. The summed E-state index contributed by atoms with van der Waals surface area (Å²) in [5, 5.41) is 3.41. The summed E-state index contributed by atoms with van der Waals surface area (Å²) in [4.78, 5) is 11.5. The summed E-state index contributed by atoms with van der Waals surface area (Å²) in [5.74, 6) is 2.13. The van der Waals surface area contributed by atoms with Gasteiger partial charge in [0.1, 0.15) is 18.0 Å². The highest BCUT2D eigenvalue weighted by molar-refractivity contribution is 5.58. The third kappa shape index (κ3) is 3.41. The first kappa shape index (κ1) is 15.1. The van der Waals surface area contributed by atoms with E-state index in [0.29, 0.717) is 6.04 Å². The fourth-order valence-electron chi connectivity index (χ4n) is 3.03. The Hall–Kier alpha value is -1.32. The number of hydrogen-bond acceptors (Lipinski definition) is 4. The van der Waals surface area contributed by atoms with Crippen molar-refractivity contribution >= 4 is 11.6 Å². The average Bonchev–Trinajstić information content (AvgIpc) is 2.71. The zero-order valence-corrected chi connectivity index (χ0v) is 13.2. The minimum absolute atomic E-state index is 0.630. The van der Waals surface area contributed by atoms with Crippen molar-refractivity contribution in [3.63, 3.8) is 0 Å². The van der Waals surface area contributed by atoms with Crippen LogP contribution in [0.25, 0.3) is 0 Å². The molecule has 1 unspecified atom stereocenters. The van der Waals surface area contributed by atoms with Crippen molar-refractivity contribution in [1.82, 2.24) is 9.97 Å². The molecule has 1 aliphatic rings. The second-order valence-electron chi connectivity index (χ2n) is 5.70. The van der Waals surface area contributed by atoms with Gasteiger partial charge in [0.05, 0.1) is 0 Å². The van der Waals surface area contributed by atoms with Crippen LogP contribution >= 0.6 is 0 Å². The molecule has 0 amide bonds. The highest BCUT2D eigenvalue weighted by Crippen LogP contribution is 2.29. The molecule has 1 aromatic rings. The molecule has 0 radical (unpaired) electrons. The minimum atomic E-state index is 0.630. The minimum Gasteiger partial charge on any atom is -0.370 e. The first-order valence-corrected chi connectivity index (χ1v) is 8.10. The monoisotopic (exact) mass is 276 g/mol. The number of nitrogens with zero attached hydrogens (tertiary/aromatic N) is 3. The molecular weight excluding hydrogens is 248 g/mol. The van der Waals surface area contributed by atoms with Crippen molar-refractivity contribution in [3.8, 4) is 0 Å². The Bertz CT molecular complexity index is 419. The third-order valence-electron chi connectivity index (χ3n) is 4.22. The predicted molar refractivity (Wildman–Crippen MR) is 85.4 cm³/mol. The van der Waals surface area contributed by atoms with Crippen LogP contribution in [0.15, 0.2) is 6.33 Å². The quantitative estimate of drug-likeness (QED) is 0.889. The van der Waals surface area contributed by atoms with Gasteiger partial charge >= 0.3 is 0 Å². The topological polar surface area (TPSA) is 41.1 Å². The van der Waals surface area contributed by atoms with E-state index in [1.54, 1.807) is 6.33 Å². The molecule has 1 aromatic heterocycles. The molecule has 1 saturated heterocycles. The molecule has 1 atom stereocenters. The van der Waals surface area contributed by atoms with Crippen LogP contribution in [-0.2, 0) is 0 Å². The Morgan fingerprint density at radius 1 is 1.25 bits per heavy atom. The van der Waals surface area contributed by atoms with Crippen molar-refractivity contribution in [1.29, 1.82) is 0 Å². The second kappa shape index (κ2) is 7.46. The van der Waals surface area contributed by atoms with Crippen LogP contribution in [0.1, 0.15) is 57.9 Å². The fraction of sp³-hybridized carbons (Fsp3) is 0.750. The van der Waals surface area contributed by atoms with E-state index in [4.69, 9.17) is 0 Å². The van der Waals surface area contributed by atoms with Crippen LogP contribution in [0.2, 0.25) is 0 Å². The van der Waals surface area contributed by atoms with E-state index in [2.05, 4.69) is 41.0 Å². The van der Waals surface area contributed by atoms with Gasteiger partial charge in [0.2, 0.25) is 0 Å². The zero-order valence-electron chi connectivity index (χ0n) is 13.2. The van der Waals surface area contributed by atoms with Crippen molar-refractivity contribution in [2.75, 3.05) is 23.3 Å². The van der Waals surface area contributed by atoms with Crippen molar-refractivity contribution < 1.29 is 0 Å². The summed E-state index contributed by atoms with van der Waals surface area (Å²) in [7, 11) is 0. The molecule has 0 bridgehead atoms. The van der Waals surface area contributed by atoms with E-state index in [0.717, 1.165) is 31.1 Å². The second-order valence-corrected chi connectivity index (χ2v) is 5.70. The van der Waals surface area contributed by atoms with Crippen LogP contribution < -0.4 is 10.2 Å². The molecule has 0 aliphatic carbocycles. The van der Waals surface area contributed by atoms with Crippen LogP contribution in [0.4, 0.5) is 11.6 Å². The van der Waals surface area contributed by atoms with Gasteiger partial charge in [0.15, 0.2) is 0 Å². The largest absolute Gasteiger partial charge is 0.370 e. The summed E-state index contributed by atoms with van der Waals surface area (Å²) in [6, 6.07) is 0.630. The van der Waals surface area contributed by atoms with Crippen LogP contribution in [0, 0.1) is 6.92 Å². The maximum Gasteiger partial charge on any atom is 0.137 e. The predicted octanol–water partition coefficient (Wildman–Crippen LogP) is 3.77. The lowest BCUT2D eigenvalue weighted by Crippen LogP contribution is -2.35. The van der Waals surface area contributed by atoms with Gasteiger partial charge in [-0.05, 0) is 32.6 Å². The number of nitrogens with one attached hydrogen (secondary N) is 1. The maximum absolute atomic E-state index is 4.59. The van der Waals surface area contributed by atoms with Crippen molar-refractivity contribution in [3.05, 3.63) is 11.9 Å². The molecule has 0 aromatic carbocycles. The summed E-state index contributed by atoms with van der Waals surface area (Å²) in [6.45, 7) is 8.70. The van der Waals surface area contributed by atoms with E-state index in [1.807, 2.05) is 0 Å². The summed E-state index contributed by atoms with van der Waals surface area (Å²) >= 11 is 0. The molecule has 0 saturated carbocycles. The molecule has 2 heterocycles. The van der Waals surface area contributed by atoms with Crippen LogP contribution in [-0.4, -0.2) is 29.1 Å². The lowest BCUT2D eigenvalue weighted by atomic mass is 10.1. The molecule has 2 rings (SSSR count). The molecule has 20 heavy (non-hydrogen) atoms. The van der Waals surface area contributed by atoms with Gasteiger partial charge in [0.25, 0.3) is 0 Å². The van der Waals surface area contributed by atoms with Gasteiger partial charge in [-0.3, -0.25) is 0 Å². The van der Waals surface area contributed by atoms with Crippen molar-refractivity contribution in [2.45, 2.75) is 65.3 Å². The Labute approximate surface area is 123 Å². The number of hydrogen-bond donors (Lipinski definition) is 1. The van der Waals surface area contributed by atoms with Gasteiger partial charge in [-0.2, -0.15) is 0 Å². The molecule has 1 aliphatic heterocycles. The Morgan fingerprint density at radius 2 is 2.10 bits per heavy atom. The Kier molecular flexibility index (Phi) is 5.62. The fourth-order valence-corrected chi connectivity index (χ4v) is 3.03. The summed E-state index contributed by atoms with van der Waals surface area (Å²) < 4.78 is 0. The van der Waals surface area contributed by atoms with E-state index in [1.165, 1.54) is 37.7 Å². The molecule has 112 valence electrons. The highest BCUT2D eigenvalue weighted by atomic mass is 15.2. The number of rotatable bonds is 5. The third-order valence-corrected chi connectivity index (χ3v) is 4.22. The van der Waals surface area contributed by atoms with Crippen LogP contribution in [0.3, 0.4) is 0 Å². The lowest BCUT2D eigenvalue weighted by Gasteiger charge is -2.31. The normalized spacial score (nSPS) is 19.8. The van der Waals surface area contributed by atoms with E-state index in [-0.39, 0.29) is 0 Å². The van der Waals surface area contributed by atoms with Gasteiger partial charge < -0.3 is 10.2 Å². The zero-order chi connectivity index (χ0) is 14.4. The number of aromatic nitrogens is 2. The molecule has 1 N–H and O–H groups in total. The molecular formula is C16H28N4. The Balaban J connectivity index is 2.25. The van der Waals surface area contributed by atoms with E-state index < -0.39 is 0 Å². The Morgan fingerprint density at radius 3 is 2.85 bits per heavy atom. The van der Waals surface area contributed by atoms with E-state index >= 15 is 0 Å². The van der Waals surface area contributed by atoms with Crippen LogP contribution in [0.5, 0.6) is 0 Å². The number of anilines is 2. The van der Waals surface area contributed by atoms with Gasteiger partial charge in [-0.1, -0.05) is 26.7 Å². The highest BCUT2D eigenvalue weighted by Gasteiger charge is 2.23. The smallest absolute Gasteiger partial charge is 0.137 e. The maximum atomic E-state index is 4.59. The summed E-state index contributed by atoms with van der Waals surface area (Å²) in [5.41, 5.74) is 1.20. The average molecular weight is 276 g/mol. The standard InChI is InChI=1S/C16H28N4/c1-4-10-17-15-13(3)16(19-12-18-15)20-11-8-6-7-9-14(20)5-2/h12,14H,4-11H2,1-3H3,(H,17,18,19). The first-order valence-electron chi connectivity index (χ1n) is 8.10. The van der Waals surface area contributed by atoms with Crippen molar-refractivity contribution in [2.24, 2.45) is 0 Å². The van der Waals surface area contributed by atoms with Gasteiger partial charge in [-0.25, -0.2) is 9.97 Å². The SMILES string of the molecule is CCCNc1ncnc(N2CCCCCC2CC)c1C. The lowest BCUT2D eigenvalue weighted by molar-refractivity contribution is 0.551. The van der Waals surface area contributed by atoms with Gasteiger partial charge in [0, 0.05) is 24.7 Å². The first-order chi connectivity index (χ1) is 9.77. The molecule has 4 heteroatoms. The summed E-state index contributed by atoms with van der Waals surface area (Å²) in [6.07, 6.45) is 9.27. The molecule has 4 nitrogen and oxygen atoms in total. The molecule has 0 spiro atoms. The van der Waals surface area contributed by atoms with E-state index in [9.17, 15) is 0 Å². The van der Waals surface area contributed by atoms with Gasteiger partial charge in [-0.15, -0.1) is 0 Å².